The van der Waals surface area contributed by atoms with E-state index in [0.717, 1.165) is 19.5 Å². The topological polar surface area (TPSA) is 99.1 Å². The standard InChI is InChI=1S/C24H20Cl2N2O5/c25-19-10-17(27-23(30)24(31)32)11-20(26)22(19)33-18-5-6-21(29)16(9-18)13-28-8-7-14-3-1-2-4-15(14)12-28/h1-6,9-11,29H,7-8,12-13H2,(H,27,30)(H,31,32). The number of rotatable bonds is 5. The van der Waals surface area contributed by atoms with Crippen LogP contribution in [0.3, 0.4) is 0 Å². The molecular formula is C24H20Cl2N2O5. The van der Waals surface area contributed by atoms with Crippen molar-refractivity contribution in [2.45, 2.75) is 19.5 Å². The summed E-state index contributed by atoms with van der Waals surface area (Å²) in [5.41, 5.74) is 3.46. The maximum Gasteiger partial charge on any atom is 0.394 e. The molecule has 1 amide bonds. The molecule has 0 aliphatic carbocycles. The number of carbonyl (C=O) groups excluding carboxylic acids is 1. The molecule has 4 rings (SSSR count). The zero-order chi connectivity index (χ0) is 23.5. The molecule has 1 heterocycles. The van der Waals surface area contributed by atoms with E-state index in [9.17, 15) is 14.7 Å². The summed E-state index contributed by atoms with van der Waals surface area (Å²) < 4.78 is 5.87. The van der Waals surface area contributed by atoms with E-state index in [4.69, 9.17) is 33.0 Å². The van der Waals surface area contributed by atoms with Crippen molar-refractivity contribution >= 4 is 40.8 Å². The van der Waals surface area contributed by atoms with Crippen LogP contribution in [0.25, 0.3) is 0 Å². The molecule has 33 heavy (non-hydrogen) atoms. The van der Waals surface area contributed by atoms with E-state index in [0.29, 0.717) is 17.9 Å². The highest BCUT2D eigenvalue weighted by atomic mass is 35.5. The highest BCUT2D eigenvalue weighted by Gasteiger charge is 2.19. The first-order valence-corrected chi connectivity index (χ1v) is 10.9. The lowest BCUT2D eigenvalue weighted by molar-refractivity contribution is -0.147. The van der Waals surface area contributed by atoms with Crippen molar-refractivity contribution in [1.29, 1.82) is 0 Å². The number of halogens is 2. The number of nitrogens with zero attached hydrogens (tertiary/aromatic N) is 1. The zero-order valence-corrected chi connectivity index (χ0v) is 18.9. The normalized spacial score (nSPS) is 13.3. The molecule has 0 radical (unpaired) electrons. The summed E-state index contributed by atoms with van der Waals surface area (Å²) in [4.78, 5) is 24.3. The second-order valence-electron chi connectivity index (χ2n) is 7.65. The van der Waals surface area contributed by atoms with E-state index in [1.807, 2.05) is 12.1 Å². The van der Waals surface area contributed by atoms with Gasteiger partial charge in [-0.25, -0.2) is 4.79 Å². The van der Waals surface area contributed by atoms with Crippen molar-refractivity contribution in [1.82, 2.24) is 4.90 Å². The molecule has 1 aliphatic heterocycles. The number of anilines is 1. The lowest BCUT2D eigenvalue weighted by atomic mass is 9.99. The molecule has 170 valence electrons. The second-order valence-corrected chi connectivity index (χ2v) is 8.46. The van der Waals surface area contributed by atoms with Crippen LogP contribution in [0.5, 0.6) is 17.2 Å². The molecular weight excluding hydrogens is 467 g/mol. The molecule has 0 atom stereocenters. The van der Waals surface area contributed by atoms with Gasteiger partial charge in [0.2, 0.25) is 0 Å². The van der Waals surface area contributed by atoms with Gasteiger partial charge in [-0.3, -0.25) is 9.69 Å². The Morgan fingerprint density at radius 1 is 1.03 bits per heavy atom. The largest absolute Gasteiger partial charge is 0.508 e. The van der Waals surface area contributed by atoms with Crippen molar-refractivity contribution in [2.75, 3.05) is 11.9 Å². The van der Waals surface area contributed by atoms with Crippen LogP contribution in [0.1, 0.15) is 16.7 Å². The molecule has 1 aliphatic rings. The van der Waals surface area contributed by atoms with Crippen molar-refractivity contribution in [2.24, 2.45) is 0 Å². The lowest BCUT2D eigenvalue weighted by Gasteiger charge is -2.29. The summed E-state index contributed by atoms with van der Waals surface area (Å²) in [5, 5.41) is 21.5. The van der Waals surface area contributed by atoms with E-state index in [1.54, 1.807) is 18.2 Å². The monoisotopic (exact) mass is 486 g/mol. The molecule has 0 spiro atoms. The average Bonchev–Trinajstić information content (AvgIpc) is 2.78. The number of nitrogens with one attached hydrogen (secondary N) is 1. The number of hydrogen-bond acceptors (Lipinski definition) is 5. The number of benzene rings is 3. The molecule has 3 aromatic carbocycles. The number of amides is 1. The molecule has 0 fully saturated rings. The minimum absolute atomic E-state index is 0.0884. The van der Waals surface area contributed by atoms with Gasteiger partial charge in [0.05, 0.1) is 10.0 Å². The number of aliphatic carboxylic acids is 1. The lowest BCUT2D eigenvalue weighted by Crippen LogP contribution is -2.30. The number of carboxylic acids is 1. The summed E-state index contributed by atoms with van der Waals surface area (Å²) in [5.74, 6) is -2.11. The fourth-order valence-electron chi connectivity index (χ4n) is 3.71. The van der Waals surface area contributed by atoms with Crippen LogP contribution in [0.15, 0.2) is 54.6 Å². The van der Waals surface area contributed by atoms with E-state index in [2.05, 4.69) is 22.3 Å². The Kier molecular flexibility index (Phi) is 6.74. The van der Waals surface area contributed by atoms with E-state index >= 15 is 0 Å². The third-order valence-electron chi connectivity index (χ3n) is 5.32. The molecule has 7 nitrogen and oxygen atoms in total. The number of hydrogen-bond donors (Lipinski definition) is 3. The van der Waals surface area contributed by atoms with Crippen LogP contribution in [0, 0.1) is 0 Å². The number of phenolic OH excluding ortho intramolecular Hbond substituents is 1. The third kappa shape index (κ3) is 5.39. The van der Waals surface area contributed by atoms with E-state index in [-0.39, 0.29) is 27.2 Å². The predicted octanol–water partition coefficient (Wildman–Crippen LogP) is 5.07. The van der Waals surface area contributed by atoms with Gasteiger partial charge in [-0.1, -0.05) is 47.5 Å². The van der Waals surface area contributed by atoms with Gasteiger partial charge in [-0.15, -0.1) is 0 Å². The molecule has 3 N–H and O–H groups in total. The Bertz CT molecular complexity index is 1210. The van der Waals surface area contributed by atoms with Gasteiger partial charge in [-0.2, -0.15) is 0 Å². The van der Waals surface area contributed by atoms with Gasteiger partial charge < -0.3 is 20.3 Å². The minimum atomic E-state index is -1.63. The number of carbonyl (C=O) groups is 2. The Balaban J connectivity index is 1.50. The van der Waals surface area contributed by atoms with Crippen molar-refractivity contribution < 1.29 is 24.5 Å². The quantitative estimate of drug-likeness (QED) is 0.435. The highest BCUT2D eigenvalue weighted by Crippen LogP contribution is 2.40. The first kappa shape index (κ1) is 22.9. The fraction of sp³-hybridized carbons (Fsp3) is 0.167. The molecule has 0 unspecified atom stereocenters. The first-order valence-electron chi connectivity index (χ1n) is 10.1. The van der Waals surface area contributed by atoms with Crippen LogP contribution in [0.4, 0.5) is 5.69 Å². The van der Waals surface area contributed by atoms with E-state index < -0.39 is 11.9 Å². The Morgan fingerprint density at radius 2 is 1.73 bits per heavy atom. The van der Waals surface area contributed by atoms with Crippen LogP contribution >= 0.6 is 23.2 Å². The molecule has 0 aromatic heterocycles. The highest BCUT2D eigenvalue weighted by molar-refractivity contribution is 6.39. The number of phenols is 1. The number of aromatic hydroxyl groups is 1. The number of ether oxygens (including phenoxy) is 1. The van der Waals surface area contributed by atoms with Crippen molar-refractivity contribution in [3.05, 3.63) is 81.3 Å². The summed E-state index contributed by atoms with van der Waals surface area (Å²) >= 11 is 12.5. The Hall–Kier alpha value is -3.26. The van der Waals surface area contributed by atoms with Gasteiger partial charge in [0.25, 0.3) is 0 Å². The summed E-state index contributed by atoms with van der Waals surface area (Å²) in [6.45, 7) is 2.21. The van der Waals surface area contributed by atoms with Gasteiger partial charge in [0, 0.05) is 30.9 Å². The SMILES string of the molecule is O=C(O)C(=O)Nc1cc(Cl)c(Oc2ccc(O)c(CN3CCc4ccccc4C3)c2)c(Cl)c1. The molecule has 0 saturated carbocycles. The van der Waals surface area contributed by atoms with Crippen LogP contribution in [-0.2, 0) is 29.1 Å². The molecule has 3 aromatic rings. The van der Waals surface area contributed by atoms with E-state index in [1.165, 1.54) is 23.3 Å². The van der Waals surface area contributed by atoms with Gasteiger partial charge in [-0.05, 0) is 47.9 Å². The number of fused-ring (bicyclic) bond motifs is 1. The smallest absolute Gasteiger partial charge is 0.394 e. The average molecular weight is 487 g/mol. The van der Waals surface area contributed by atoms with Crippen LogP contribution in [-0.4, -0.2) is 33.5 Å². The Labute approximate surface area is 200 Å². The maximum atomic E-state index is 11.4. The van der Waals surface area contributed by atoms with Gasteiger partial charge >= 0.3 is 11.9 Å². The van der Waals surface area contributed by atoms with Gasteiger partial charge in [0.15, 0.2) is 5.75 Å². The molecule has 9 heteroatoms. The van der Waals surface area contributed by atoms with Crippen LogP contribution in [0.2, 0.25) is 10.0 Å². The summed E-state index contributed by atoms with van der Waals surface area (Å²) in [6.07, 6.45) is 0.948. The molecule has 0 bridgehead atoms. The van der Waals surface area contributed by atoms with Crippen LogP contribution < -0.4 is 10.1 Å². The first-order chi connectivity index (χ1) is 15.8. The third-order valence-corrected chi connectivity index (χ3v) is 5.89. The van der Waals surface area contributed by atoms with Crippen molar-refractivity contribution in [3.8, 4) is 17.2 Å². The predicted molar refractivity (Wildman–Crippen MR) is 125 cm³/mol. The zero-order valence-electron chi connectivity index (χ0n) is 17.3. The fourth-order valence-corrected chi connectivity index (χ4v) is 4.28. The summed E-state index contributed by atoms with van der Waals surface area (Å²) in [7, 11) is 0. The minimum Gasteiger partial charge on any atom is -0.508 e. The Morgan fingerprint density at radius 3 is 2.42 bits per heavy atom. The van der Waals surface area contributed by atoms with Gasteiger partial charge in [0.1, 0.15) is 11.5 Å². The summed E-state index contributed by atoms with van der Waals surface area (Å²) in [6, 6.07) is 15.9. The molecule has 0 saturated heterocycles. The maximum absolute atomic E-state index is 11.4. The second kappa shape index (κ2) is 9.70. The number of carboxylic acid groups (broad SMARTS) is 1. The van der Waals surface area contributed by atoms with Crippen molar-refractivity contribution in [3.63, 3.8) is 0 Å².